The fourth-order valence-electron chi connectivity index (χ4n) is 5.77. The van der Waals surface area contributed by atoms with E-state index >= 15 is 0 Å². The van der Waals surface area contributed by atoms with E-state index in [9.17, 15) is 0 Å². The Balaban J connectivity index is 1.09. The van der Waals surface area contributed by atoms with E-state index in [1.165, 1.54) is 5.70 Å². The van der Waals surface area contributed by atoms with Gasteiger partial charge in [-0.3, -0.25) is 9.88 Å². The van der Waals surface area contributed by atoms with Gasteiger partial charge in [-0.05, 0) is 55.9 Å². The zero-order valence-electron chi connectivity index (χ0n) is 21.1. The molecule has 1 aliphatic carbocycles. The third kappa shape index (κ3) is 4.91. The van der Waals surface area contributed by atoms with E-state index in [1.807, 2.05) is 55.1 Å². The third-order valence-electron chi connectivity index (χ3n) is 7.79. The van der Waals surface area contributed by atoms with Crippen LogP contribution in [0.25, 0.3) is 22.7 Å². The predicted octanol–water partition coefficient (Wildman–Crippen LogP) is 3.93. The molecule has 4 aromatic rings. The van der Waals surface area contributed by atoms with E-state index < -0.39 is 0 Å². The second kappa shape index (κ2) is 10.3. The van der Waals surface area contributed by atoms with E-state index in [0.717, 1.165) is 86.7 Å². The molecule has 9 nitrogen and oxygen atoms in total. The molecule has 2 fully saturated rings. The van der Waals surface area contributed by atoms with E-state index in [1.54, 1.807) is 0 Å². The van der Waals surface area contributed by atoms with Crippen molar-refractivity contribution in [3.8, 4) is 11.5 Å². The number of anilines is 1. The van der Waals surface area contributed by atoms with Gasteiger partial charge >= 0.3 is 0 Å². The van der Waals surface area contributed by atoms with Crippen LogP contribution in [0.4, 0.5) is 5.95 Å². The first-order valence-corrected chi connectivity index (χ1v) is 13.1. The maximum Gasteiger partial charge on any atom is 0.219 e. The summed E-state index contributed by atoms with van der Waals surface area (Å²) in [5.74, 6) is 1.76. The summed E-state index contributed by atoms with van der Waals surface area (Å²) in [6.45, 7) is 9.46. The molecule has 0 aromatic carbocycles. The standard InChI is InChI=1S/C28H33N9/c1-20(36-15-13-35(14-16-36)19-21-17-32-28(29)33-18-21)22-7-9-23(10-8-22)37-26-25(6-4-12-31-26)34-27(37)24-5-2-3-11-30-24/h2-6,11-12,17-18,22-23H,1,7-10,13-16,19H2,(H2,29,32,33). The molecular weight excluding hydrogens is 462 g/mol. The largest absolute Gasteiger partial charge is 0.372 e. The molecule has 0 bridgehead atoms. The highest BCUT2D eigenvalue weighted by Crippen LogP contribution is 2.39. The minimum absolute atomic E-state index is 0.324. The van der Waals surface area contributed by atoms with Gasteiger partial charge in [0.05, 0.1) is 0 Å². The van der Waals surface area contributed by atoms with Crippen LogP contribution in [-0.4, -0.2) is 65.5 Å². The zero-order chi connectivity index (χ0) is 25.2. The molecule has 9 heteroatoms. The molecular formula is C28H33N9. The lowest BCUT2D eigenvalue weighted by Crippen LogP contribution is -2.46. The molecule has 6 rings (SSSR count). The Labute approximate surface area is 217 Å². The van der Waals surface area contributed by atoms with Crippen LogP contribution in [0.1, 0.15) is 37.3 Å². The molecule has 2 N–H and O–H groups in total. The summed E-state index contributed by atoms with van der Waals surface area (Å²) in [6.07, 6.45) is 11.8. The number of imidazole rings is 1. The Kier molecular flexibility index (Phi) is 6.53. The van der Waals surface area contributed by atoms with E-state index in [4.69, 9.17) is 15.7 Å². The van der Waals surface area contributed by atoms with Crippen LogP contribution in [0.15, 0.2) is 67.4 Å². The van der Waals surface area contributed by atoms with Gasteiger partial charge in [0.15, 0.2) is 11.5 Å². The number of hydrogen-bond acceptors (Lipinski definition) is 8. The third-order valence-corrected chi connectivity index (χ3v) is 7.79. The van der Waals surface area contributed by atoms with Gasteiger partial charge < -0.3 is 15.2 Å². The zero-order valence-corrected chi connectivity index (χ0v) is 21.1. The lowest BCUT2D eigenvalue weighted by atomic mass is 9.83. The quantitative estimate of drug-likeness (QED) is 0.429. The van der Waals surface area contributed by atoms with Crippen molar-refractivity contribution in [2.45, 2.75) is 38.3 Å². The fourth-order valence-corrected chi connectivity index (χ4v) is 5.77. The van der Waals surface area contributed by atoms with Crippen LogP contribution in [0, 0.1) is 5.92 Å². The molecule has 0 atom stereocenters. The smallest absolute Gasteiger partial charge is 0.219 e. The number of nitrogens with zero attached hydrogens (tertiary/aromatic N) is 8. The minimum Gasteiger partial charge on any atom is -0.372 e. The monoisotopic (exact) mass is 495 g/mol. The molecule has 1 saturated heterocycles. The minimum atomic E-state index is 0.324. The van der Waals surface area contributed by atoms with Crippen molar-refractivity contribution in [3.63, 3.8) is 0 Å². The van der Waals surface area contributed by atoms with Crippen LogP contribution in [0.3, 0.4) is 0 Å². The molecule has 37 heavy (non-hydrogen) atoms. The van der Waals surface area contributed by atoms with Crippen molar-refractivity contribution < 1.29 is 0 Å². The van der Waals surface area contributed by atoms with Crippen LogP contribution < -0.4 is 5.73 Å². The Morgan fingerprint density at radius 1 is 0.892 bits per heavy atom. The summed E-state index contributed by atoms with van der Waals surface area (Å²) in [7, 11) is 0. The Bertz CT molecular complexity index is 1350. The molecule has 2 aliphatic rings. The van der Waals surface area contributed by atoms with Crippen molar-refractivity contribution in [3.05, 3.63) is 73.0 Å². The summed E-state index contributed by atoms with van der Waals surface area (Å²) < 4.78 is 2.33. The molecule has 0 unspecified atom stereocenters. The first-order chi connectivity index (χ1) is 18.2. The number of nitrogen functional groups attached to an aromatic ring is 1. The van der Waals surface area contributed by atoms with Gasteiger partial charge in [0.25, 0.3) is 0 Å². The summed E-state index contributed by atoms with van der Waals surface area (Å²) in [6, 6.07) is 10.3. The van der Waals surface area contributed by atoms with Gasteiger partial charge in [0, 0.05) is 74.8 Å². The Hall–Kier alpha value is -3.85. The number of rotatable bonds is 6. The van der Waals surface area contributed by atoms with Gasteiger partial charge in [0.1, 0.15) is 11.2 Å². The van der Waals surface area contributed by atoms with Gasteiger partial charge in [0.2, 0.25) is 5.95 Å². The first-order valence-electron chi connectivity index (χ1n) is 13.1. The molecule has 5 heterocycles. The summed E-state index contributed by atoms with van der Waals surface area (Å²) >= 11 is 0. The van der Waals surface area contributed by atoms with Crippen LogP contribution >= 0.6 is 0 Å². The summed E-state index contributed by atoms with van der Waals surface area (Å²) in [4.78, 5) is 27.4. The lowest BCUT2D eigenvalue weighted by Gasteiger charge is -2.41. The number of hydrogen-bond donors (Lipinski definition) is 1. The highest BCUT2D eigenvalue weighted by Gasteiger charge is 2.30. The number of nitrogens with two attached hydrogens (primary N) is 1. The van der Waals surface area contributed by atoms with E-state index in [-0.39, 0.29) is 0 Å². The average molecular weight is 496 g/mol. The molecule has 0 radical (unpaired) electrons. The lowest BCUT2D eigenvalue weighted by molar-refractivity contribution is 0.135. The number of pyridine rings is 2. The van der Waals surface area contributed by atoms with Gasteiger partial charge in [-0.2, -0.15) is 0 Å². The van der Waals surface area contributed by atoms with Gasteiger partial charge in [-0.25, -0.2) is 19.9 Å². The second-order valence-electron chi connectivity index (χ2n) is 10.1. The average Bonchev–Trinajstić information content (AvgIpc) is 3.35. The van der Waals surface area contributed by atoms with Gasteiger partial charge in [-0.15, -0.1) is 0 Å². The number of allylic oxidation sites excluding steroid dienone is 1. The summed E-state index contributed by atoms with van der Waals surface area (Å²) in [5, 5.41) is 0. The molecule has 4 aromatic heterocycles. The SMILES string of the molecule is C=C(C1CCC(n2c(-c3ccccn3)nc3cccnc32)CC1)N1CCN(Cc2cnc(N)nc2)CC1. The highest BCUT2D eigenvalue weighted by molar-refractivity contribution is 5.76. The highest BCUT2D eigenvalue weighted by atomic mass is 15.3. The Morgan fingerprint density at radius 3 is 2.38 bits per heavy atom. The van der Waals surface area contributed by atoms with Crippen molar-refractivity contribution >= 4 is 17.1 Å². The topological polar surface area (TPSA) is 102 Å². The van der Waals surface area contributed by atoms with Gasteiger partial charge in [-0.1, -0.05) is 12.6 Å². The molecule has 1 aliphatic heterocycles. The number of piperazine rings is 1. The maximum absolute atomic E-state index is 5.61. The number of aromatic nitrogens is 6. The fraction of sp³-hybridized carbons (Fsp3) is 0.393. The number of fused-ring (bicyclic) bond motifs is 1. The predicted molar refractivity (Wildman–Crippen MR) is 144 cm³/mol. The van der Waals surface area contributed by atoms with Crippen molar-refractivity contribution in [1.29, 1.82) is 0 Å². The molecule has 190 valence electrons. The first kappa shape index (κ1) is 23.5. The van der Waals surface area contributed by atoms with E-state index in [0.29, 0.717) is 17.9 Å². The van der Waals surface area contributed by atoms with Crippen LogP contribution in [0.2, 0.25) is 0 Å². The molecule has 0 amide bonds. The molecule has 0 spiro atoms. The van der Waals surface area contributed by atoms with Crippen molar-refractivity contribution in [2.75, 3.05) is 31.9 Å². The maximum atomic E-state index is 5.61. The second-order valence-corrected chi connectivity index (χ2v) is 10.1. The van der Waals surface area contributed by atoms with Crippen LogP contribution in [-0.2, 0) is 6.54 Å². The normalized spacial score (nSPS) is 20.8. The van der Waals surface area contributed by atoms with E-state index in [2.05, 4.69) is 35.9 Å². The van der Waals surface area contributed by atoms with Crippen molar-refractivity contribution in [2.24, 2.45) is 5.92 Å². The van der Waals surface area contributed by atoms with Crippen LogP contribution in [0.5, 0.6) is 0 Å². The van der Waals surface area contributed by atoms with Crippen molar-refractivity contribution in [1.82, 2.24) is 39.3 Å². The Morgan fingerprint density at radius 2 is 1.65 bits per heavy atom. The molecule has 1 saturated carbocycles. The summed E-state index contributed by atoms with van der Waals surface area (Å²) in [5.41, 5.74) is 10.8.